The molecule has 0 amide bonds. The molecule has 0 radical (unpaired) electrons. The number of aliphatic hydroxyl groups is 1. The lowest BCUT2D eigenvalue weighted by atomic mass is 9.93. The number of ketones is 1. The molecule has 0 saturated heterocycles. The highest BCUT2D eigenvalue weighted by Gasteiger charge is 2.20. The van der Waals surface area contributed by atoms with Crippen molar-refractivity contribution < 1.29 is 19.8 Å². The lowest BCUT2D eigenvalue weighted by molar-refractivity contribution is -0.131. The van der Waals surface area contributed by atoms with Gasteiger partial charge in [0.15, 0.2) is 0 Å². The number of hydrogen-bond donors (Lipinski definition) is 2. The van der Waals surface area contributed by atoms with Crippen molar-refractivity contribution in [3.8, 4) is 0 Å². The van der Waals surface area contributed by atoms with Crippen LogP contribution in [0.5, 0.6) is 0 Å². The van der Waals surface area contributed by atoms with Crippen molar-refractivity contribution in [3.05, 3.63) is 48.0 Å². The van der Waals surface area contributed by atoms with Crippen molar-refractivity contribution >= 4 is 11.8 Å². The SMILES string of the molecule is CC(C(=O)Cc1ccccc1)C(O)CC=CC(=O)O. The third kappa shape index (κ3) is 5.48. The van der Waals surface area contributed by atoms with Gasteiger partial charge in [-0.2, -0.15) is 0 Å². The van der Waals surface area contributed by atoms with Crippen molar-refractivity contribution in [3.63, 3.8) is 0 Å². The van der Waals surface area contributed by atoms with Gasteiger partial charge in [0, 0.05) is 18.4 Å². The second kappa shape index (κ2) is 7.48. The normalized spacial score (nSPS) is 14.2. The predicted octanol–water partition coefficient (Wildman–Crippen LogP) is 1.83. The van der Waals surface area contributed by atoms with Gasteiger partial charge in [0.05, 0.1) is 6.10 Å². The smallest absolute Gasteiger partial charge is 0.327 e. The summed E-state index contributed by atoms with van der Waals surface area (Å²) in [7, 11) is 0. The van der Waals surface area contributed by atoms with E-state index in [2.05, 4.69) is 0 Å². The minimum absolute atomic E-state index is 0.0533. The van der Waals surface area contributed by atoms with E-state index in [1.54, 1.807) is 6.92 Å². The molecule has 102 valence electrons. The van der Waals surface area contributed by atoms with Crippen molar-refractivity contribution in [2.24, 2.45) is 5.92 Å². The molecule has 4 nitrogen and oxygen atoms in total. The summed E-state index contributed by atoms with van der Waals surface area (Å²) in [5.41, 5.74) is 0.910. The summed E-state index contributed by atoms with van der Waals surface area (Å²) in [6, 6.07) is 9.32. The van der Waals surface area contributed by atoms with Gasteiger partial charge >= 0.3 is 5.97 Å². The number of carbonyl (C=O) groups is 2. The zero-order chi connectivity index (χ0) is 14.3. The zero-order valence-electron chi connectivity index (χ0n) is 10.8. The van der Waals surface area contributed by atoms with E-state index < -0.39 is 18.0 Å². The minimum Gasteiger partial charge on any atom is -0.478 e. The van der Waals surface area contributed by atoms with Crippen LogP contribution in [-0.2, 0) is 16.0 Å². The molecule has 1 aromatic rings. The molecular formula is C15H18O4. The quantitative estimate of drug-likeness (QED) is 0.735. The van der Waals surface area contributed by atoms with Gasteiger partial charge in [0.25, 0.3) is 0 Å². The van der Waals surface area contributed by atoms with Crippen LogP contribution < -0.4 is 0 Å². The highest BCUT2D eigenvalue weighted by Crippen LogP contribution is 2.12. The van der Waals surface area contributed by atoms with Gasteiger partial charge in [-0.05, 0) is 12.0 Å². The lowest BCUT2D eigenvalue weighted by Crippen LogP contribution is -2.26. The van der Waals surface area contributed by atoms with Crippen molar-refractivity contribution in [1.29, 1.82) is 0 Å². The number of carboxylic acids is 1. The first-order valence-electron chi connectivity index (χ1n) is 6.15. The van der Waals surface area contributed by atoms with Gasteiger partial charge in [-0.25, -0.2) is 4.79 Å². The number of carbonyl (C=O) groups excluding carboxylic acids is 1. The maximum atomic E-state index is 12.0. The first-order chi connectivity index (χ1) is 9.00. The number of carboxylic acid groups (broad SMARTS) is 1. The second-order valence-electron chi connectivity index (χ2n) is 4.46. The van der Waals surface area contributed by atoms with Gasteiger partial charge in [-0.3, -0.25) is 4.79 Å². The summed E-state index contributed by atoms with van der Waals surface area (Å²) in [5.74, 6) is -1.63. The Morgan fingerprint density at radius 2 is 1.89 bits per heavy atom. The standard InChI is InChI=1S/C15H18O4/c1-11(13(16)8-5-9-15(18)19)14(17)10-12-6-3-2-4-7-12/h2-7,9,11,13,16H,8,10H2,1H3,(H,18,19). The zero-order valence-corrected chi connectivity index (χ0v) is 10.8. The molecule has 0 fully saturated rings. The number of aliphatic hydroxyl groups excluding tert-OH is 1. The van der Waals surface area contributed by atoms with Crippen LogP contribution in [0.15, 0.2) is 42.5 Å². The van der Waals surface area contributed by atoms with Crippen LogP contribution in [0.2, 0.25) is 0 Å². The molecule has 0 heterocycles. The Balaban J connectivity index is 2.50. The molecule has 19 heavy (non-hydrogen) atoms. The van der Waals surface area contributed by atoms with E-state index in [4.69, 9.17) is 5.11 Å². The third-order valence-electron chi connectivity index (χ3n) is 2.94. The third-order valence-corrected chi connectivity index (χ3v) is 2.94. The first-order valence-corrected chi connectivity index (χ1v) is 6.15. The fraction of sp³-hybridized carbons (Fsp3) is 0.333. The molecular weight excluding hydrogens is 244 g/mol. The van der Waals surface area contributed by atoms with Crippen LogP contribution in [0.4, 0.5) is 0 Å². The maximum Gasteiger partial charge on any atom is 0.327 e. The van der Waals surface area contributed by atoms with E-state index in [9.17, 15) is 14.7 Å². The highest BCUT2D eigenvalue weighted by molar-refractivity contribution is 5.83. The first kappa shape index (κ1) is 15.1. The van der Waals surface area contributed by atoms with Gasteiger partial charge in [-0.1, -0.05) is 43.3 Å². The fourth-order valence-electron chi connectivity index (χ4n) is 1.69. The Kier molecular flexibility index (Phi) is 5.96. The fourth-order valence-corrected chi connectivity index (χ4v) is 1.69. The van der Waals surface area contributed by atoms with Crippen LogP contribution in [0.25, 0.3) is 0 Å². The maximum absolute atomic E-state index is 12.0. The molecule has 0 aliphatic carbocycles. The van der Waals surface area contributed by atoms with E-state index in [1.165, 1.54) is 6.08 Å². The molecule has 1 aromatic carbocycles. The van der Waals surface area contributed by atoms with Gasteiger partial charge in [-0.15, -0.1) is 0 Å². The van der Waals surface area contributed by atoms with E-state index >= 15 is 0 Å². The Morgan fingerprint density at radius 3 is 2.47 bits per heavy atom. The molecule has 0 spiro atoms. The van der Waals surface area contributed by atoms with Crippen LogP contribution in [0.1, 0.15) is 18.9 Å². The Hall–Kier alpha value is -1.94. The predicted molar refractivity (Wildman–Crippen MR) is 71.7 cm³/mol. The molecule has 0 aromatic heterocycles. The summed E-state index contributed by atoms with van der Waals surface area (Å²) >= 11 is 0. The summed E-state index contributed by atoms with van der Waals surface area (Å²) in [6.07, 6.45) is 1.92. The minimum atomic E-state index is -1.06. The number of Topliss-reactive ketones (excluding diaryl/α,β-unsaturated/α-hetero) is 1. The van der Waals surface area contributed by atoms with E-state index in [0.29, 0.717) is 0 Å². The van der Waals surface area contributed by atoms with Crippen molar-refractivity contribution in [2.45, 2.75) is 25.9 Å². The largest absolute Gasteiger partial charge is 0.478 e. The summed E-state index contributed by atoms with van der Waals surface area (Å²) in [6.45, 7) is 1.66. The van der Waals surface area contributed by atoms with Crippen LogP contribution in [-0.4, -0.2) is 28.1 Å². The highest BCUT2D eigenvalue weighted by atomic mass is 16.4. The molecule has 0 aliphatic heterocycles. The van der Waals surface area contributed by atoms with Gasteiger partial charge in [0.1, 0.15) is 5.78 Å². The topological polar surface area (TPSA) is 74.6 Å². The lowest BCUT2D eigenvalue weighted by Gasteiger charge is -2.16. The van der Waals surface area contributed by atoms with Gasteiger partial charge in [0.2, 0.25) is 0 Å². The Morgan fingerprint density at radius 1 is 1.26 bits per heavy atom. The monoisotopic (exact) mass is 262 g/mol. The Labute approximate surface area is 112 Å². The molecule has 0 saturated carbocycles. The number of aliphatic carboxylic acids is 1. The van der Waals surface area contributed by atoms with Crippen LogP contribution in [0, 0.1) is 5.92 Å². The van der Waals surface area contributed by atoms with Crippen molar-refractivity contribution in [2.75, 3.05) is 0 Å². The van der Waals surface area contributed by atoms with Crippen LogP contribution in [0.3, 0.4) is 0 Å². The molecule has 2 N–H and O–H groups in total. The van der Waals surface area contributed by atoms with E-state index in [1.807, 2.05) is 30.3 Å². The van der Waals surface area contributed by atoms with Crippen LogP contribution >= 0.6 is 0 Å². The second-order valence-corrected chi connectivity index (χ2v) is 4.46. The molecule has 2 atom stereocenters. The summed E-state index contributed by atoms with van der Waals surface area (Å²) in [5, 5.41) is 18.2. The molecule has 0 bridgehead atoms. The van der Waals surface area contributed by atoms with Crippen molar-refractivity contribution in [1.82, 2.24) is 0 Å². The summed E-state index contributed by atoms with van der Waals surface area (Å²) < 4.78 is 0. The molecule has 1 rings (SSSR count). The molecule has 0 aliphatic rings. The average molecular weight is 262 g/mol. The average Bonchev–Trinajstić information content (AvgIpc) is 2.38. The Bertz CT molecular complexity index is 450. The van der Waals surface area contributed by atoms with Gasteiger partial charge < -0.3 is 10.2 Å². The molecule has 4 heteroatoms. The van der Waals surface area contributed by atoms with E-state index in [0.717, 1.165) is 11.6 Å². The molecule has 2 unspecified atom stereocenters. The summed E-state index contributed by atoms with van der Waals surface area (Å²) in [4.78, 5) is 22.2. The number of hydrogen-bond acceptors (Lipinski definition) is 3. The number of rotatable bonds is 7. The van der Waals surface area contributed by atoms with E-state index in [-0.39, 0.29) is 18.6 Å². The number of benzene rings is 1.